The molecule has 4 unspecified atom stereocenters. The number of aliphatic hydroxyl groups is 4. The summed E-state index contributed by atoms with van der Waals surface area (Å²) in [5.74, 6) is -3.82. The van der Waals surface area contributed by atoms with Crippen molar-refractivity contribution in [3.8, 4) is 28.6 Å². The molecule has 2 saturated heterocycles. The summed E-state index contributed by atoms with van der Waals surface area (Å²) in [6.07, 6.45) is -8.56. The standard InChI is InChI=1S/C53H59N7O20S/c1-3-5-6-13-81-37-18-41(64)59(48(37)69)12-10-38(61)54-11-9-39(62)57-32-14-25(7-8-34(32)79-50-45(67)43(65)44(66)46(80-50)49(70)71)22-76-52(73)56-20-40(63)55-19-27-26-15-35-36(78-24-77-35)17-31(26)58-42-28(27)21-60-33(42)16-30-29(47(60)68)23-75-51(72)53(30,74)4-2/h7-8,14-17,37,43-46,50,65-67,74H,3-6,9-13,18-24H2,1-2H3,(H,54,61)(H,55,63)(H,56,73)(H,57,62)(H,70,71)/t37?,43?,44-,45?,46?,50+,53-/m0/s1. The maximum absolute atomic E-state index is 13.9. The van der Waals surface area contributed by atoms with Crippen molar-refractivity contribution in [1.29, 1.82) is 0 Å². The molecule has 4 aromatic rings. The summed E-state index contributed by atoms with van der Waals surface area (Å²) in [6, 6.07) is 8.83. The SMILES string of the molecule is CCCCCSC1CC(=O)N(CCC(=O)NCCC(=O)Nc2cc(COC(=O)NCC(=O)NCc3c4c(nc5cc6c(cc35)OCO6)-c3cc5c(c(=O)n3C4)COC(=O)[C@]5(O)CC)ccc2O[C@@H]2OC(C(=O)O)[C@@H](O)C(O)C2O)C1=O. The number of carbonyl (C=O) groups is 8. The molecule has 81 heavy (non-hydrogen) atoms. The number of benzene rings is 2. The van der Waals surface area contributed by atoms with Crippen LogP contribution in [0.25, 0.3) is 22.3 Å². The highest BCUT2D eigenvalue weighted by Gasteiger charge is 2.49. The predicted molar refractivity (Wildman–Crippen MR) is 280 cm³/mol. The first kappa shape index (κ1) is 57.8. The molecule has 0 radical (unpaired) electrons. The number of fused-ring (bicyclic) bond motifs is 6. The van der Waals surface area contributed by atoms with E-state index in [1.807, 2.05) is 0 Å². The fourth-order valence-corrected chi connectivity index (χ4v) is 11.1. The number of pyridine rings is 2. The van der Waals surface area contributed by atoms with Gasteiger partial charge >= 0.3 is 18.0 Å². The maximum Gasteiger partial charge on any atom is 0.407 e. The number of cyclic esters (lactones) is 1. The molecule has 0 aliphatic carbocycles. The number of thioether (sulfide) groups is 1. The van der Waals surface area contributed by atoms with Gasteiger partial charge in [-0.25, -0.2) is 19.4 Å². The van der Waals surface area contributed by atoms with Gasteiger partial charge in [-0.15, -0.1) is 11.8 Å². The lowest BCUT2D eigenvalue weighted by molar-refractivity contribution is -0.271. The van der Waals surface area contributed by atoms with E-state index in [0.29, 0.717) is 44.9 Å². The van der Waals surface area contributed by atoms with E-state index < -0.39 is 96.0 Å². The molecule has 9 rings (SSSR count). The number of rotatable bonds is 22. The Balaban J connectivity index is 0.828. The van der Waals surface area contributed by atoms with Crippen molar-refractivity contribution >= 4 is 75.9 Å². The highest BCUT2D eigenvalue weighted by Crippen LogP contribution is 2.43. The van der Waals surface area contributed by atoms with Gasteiger partial charge in [-0.3, -0.25) is 33.7 Å². The molecule has 28 heteroatoms. The summed E-state index contributed by atoms with van der Waals surface area (Å²) in [5.41, 5.74) is 0.0241. The van der Waals surface area contributed by atoms with Gasteiger partial charge < -0.3 is 79.8 Å². The Hall–Kier alpha value is -7.89. The van der Waals surface area contributed by atoms with Crippen LogP contribution in [0.4, 0.5) is 10.5 Å². The number of unbranched alkanes of at least 4 members (excludes halogenated alkanes) is 2. The first-order valence-corrected chi connectivity index (χ1v) is 27.2. The lowest BCUT2D eigenvalue weighted by Crippen LogP contribution is -2.61. The molecule has 0 spiro atoms. The zero-order valence-corrected chi connectivity index (χ0v) is 44.7. The molecular weight excluding hydrogens is 1090 g/mol. The predicted octanol–water partition coefficient (Wildman–Crippen LogP) is 0.508. The summed E-state index contributed by atoms with van der Waals surface area (Å²) >= 11 is 1.43. The molecule has 7 atom stereocenters. The van der Waals surface area contributed by atoms with Gasteiger partial charge in [0, 0.05) is 61.5 Å². The number of carbonyl (C=O) groups excluding carboxylic acids is 7. The molecule has 2 fully saturated rings. The normalized spacial score (nSPS) is 22.3. The van der Waals surface area contributed by atoms with Gasteiger partial charge in [0.25, 0.3) is 5.56 Å². The zero-order valence-electron chi connectivity index (χ0n) is 43.9. The van der Waals surface area contributed by atoms with E-state index in [4.69, 9.17) is 33.4 Å². The number of carboxylic acid groups (broad SMARTS) is 1. The molecule has 0 bridgehead atoms. The second-order valence-corrected chi connectivity index (χ2v) is 21.0. The number of aliphatic carboxylic acids is 1. The second-order valence-electron chi connectivity index (χ2n) is 19.7. The molecule has 2 aromatic heterocycles. The summed E-state index contributed by atoms with van der Waals surface area (Å²) < 4.78 is 34.2. The molecule has 7 heterocycles. The number of nitrogens with zero attached hydrogens (tertiary/aromatic N) is 3. The highest BCUT2D eigenvalue weighted by molar-refractivity contribution is 8.00. The third-order valence-electron chi connectivity index (χ3n) is 14.4. The lowest BCUT2D eigenvalue weighted by atomic mass is 9.86. The number of hydrogen-bond donors (Lipinski definition) is 9. The van der Waals surface area contributed by atoms with Crippen LogP contribution in [-0.4, -0.2) is 156 Å². The van der Waals surface area contributed by atoms with Gasteiger partial charge in [0.2, 0.25) is 42.6 Å². The van der Waals surface area contributed by atoms with Gasteiger partial charge in [-0.1, -0.05) is 32.8 Å². The third kappa shape index (κ3) is 12.1. The maximum atomic E-state index is 13.9. The number of aliphatic hydroxyl groups excluding tert-OH is 3. The van der Waals surface area contributed by atoms with Crippen molar-refractivity contribution in [3.63, 3.8) is 0 Å². The smallest absolute Gasteiger partial charge is 0.407 e. The van der Waals surface area contributed by atoms with Crippen LogP contribution in [0.5, 0.6) is 17.2 Å². The number of likely N-dealkylation sites (tertiary alicyclic amines) is 1. The van der Waals surface area contributed by atoms with Crippen molar-refractivity contribution in [1.82, 2.24) is 30.4 Å². The number of anilines is 1. The van der Waals surface area contributed by atoms with Crippen LogP contribution in [0.3, 0.4) is 0 Å². The summed E-state index contributed by atoms with van der Waals surface area (Å²) in [6.45, 7) is 1.80. The summed E-state index contributed by atoms with van der Waals surface area (Å²) in [7, 11) is 0. The monoisotopic (exact) mass is 1150 g/mol. The highest BCUT2D eigenvalue weighted by atomic mass is 32.2. The van der Waals surface area contributed by atoms with Crippen LogP contribution in [0.15, 0.2) is 41.2 Å². The van der Waals surface area contributed by atoms with Gasteiger partial charge in [-0.2, -0.15) is 0 Å². The minimum absolute atomic E-state index is 0.0158. The summed E-state index contributed by atoms with van der Waals surface area (Å²) in [5, 5.41) is 62.5. The van der Waals surface area contributed by atoms with Crippen LogP contribution in [-0.2, 0) is 79.7 Å². The van der Waals surface area contributed by atoms with E-state index in [1.54, 1.807) is 25.1 Å². The Morgan fingerprint density at radius 1 is 0.877 bits per heavy atom. The Morgan fingerprint density at radius 2 is 1.65 bits per heavy atom. The number of imide groups is 1. The van der Waals surface area contributed by atoms with E-state index in [1.165, 1.54) is 34.5 Å². The average Bonchev–Trinajstić information content (AvgIpc) is 4.37. The van der Waals surface area contributed by atoms with Crippen LogP contribution in [0.2, 0.25) is 0 Å². The molecule has 5 aliphatic rings. The number of amides is 6. The lowest BCUT2D eigenvalue weighted by Gasteiger charge is -2.38. The average molecular weight is 1150 g/mol. The van der Waals surface area contributed by atoms with E-state index in [9.17, 15) is 68.7 Å². The van der Waals surface area contributed by atoms with Gasteiger partial charge in [0.05, 0.1) is 40.0 Å². The Bertz CT molecular complexity index is 3260. The third-order valence-corrected chi connectivity index (χ3v) is 15.7. The number of ether oxygens (including phenoxy) is 6. The Kier molecular flexibility index (Phi) is 17.4. The number of alkyl carbamates (subject to hydrolysis) is 1. The molecule has 27 nitrogen and oxygen atoms in total. The van der Waals surface area contributed by atoms with Crippen LogP contribution in [0.1, 0.15) is 86.6 Å². The molecule has 5 aliphatic heterocycles. The van der Waals surface area contributed by atoms with Crippen LogP contribution >= 0.6 is 11.8 Å². The van der Waals surface area contributed by atoms with Crippen LogP contribution in [0, 0.1) is 0 Å². The largest absolute Gasteiger partial charge is 0.479 e. The fourth-order valence-electron chi connectivity index (χ4n) is 9.92. The van der Waals surface area contributed by atoms with Crippen molar-refractivity contribution in [2.45, 2.75) is 127 Å². The quantitative estimate of drug-likeness (QED) is 0.0259. The fraction of sp³-hybridized carbons (Fsp3) is 0.472. The number of hydrogen-bond acceptors (Lipinski definition) is 21. The summed E-state index contributed by atoms with van der Waals surface area (Å²) in [4.78, 5) is 122. The van der Waals surface area contributed by atoms with Crippen LogP contribution < -0.4 is 41.0 Å². The van der Waals surface area contributed by atoms with E-state index >= 15 is 0 Å². The minimum atomic E-state index is -2.06. The van der Waals surface area contributed by atoms with E-state index in [2.05, 4.69) is 28.2 Å². The molecule has 6 amide bonds. The van der Waals surface area contributed by atoms with Gasteiger partial charge in [0.1, 0.15) is 43.8 Å². The molecule has 2 aromatic carbocycles. The molecule has 0 saturated carbocycles. The second kappa shape index (κ2) is 24.5. The first-order chi connectivity index (χ1) is 38.8. The van der Waals surface area contributed by atoms with Crippen molar-refractivity contribution in [3.05, 3.63) is 74.6 Å². The van der Waals surface area contributed by atoms with Gasteiger partial charge in [-0.05, 0) is 54.0 Å². The molecule has 9 N–H and O–H groups in total. The van der Waals surface area contributed by atoms with Crippen molar-refractivity contribution in [2.75, 3.05) is 37.5 Å². The molecule has 432 valence electrons. The Morgan fingerprint density at radius 3 is 2.41 bits per heavy atom. The van der Waals surface area contributed by atoms with E-state index in [0.717, 1.165) is 29.9 Å². The van der Waals surface area contributed by atoms with Crippen molar-refractivity contribution in [2.24, 2.45) is 0 Å². The Labute approximate surface area is 464 Å². The van der Waals surface area contributed by atoms with Crippen molar-refractivity contribution < 1.29 is 92.3 Å². The number of nitrogens with one attached hydrogen (secondary N) is 4. The number of aromatic nitrogens is 2. The zero-order chi connectivity index (χ0) is 57.9. The first-order valence-electron chi connectivity index (χ1n) is 26.1. The number of carboxylic acids is 1. The number of esters is 1. The minimum Gasteiger partial charge on any atom is -0.479 e. The molecular formula is C53H59N7O20S. The van der Waals surface area contributed by atoms with E-state index in [-0.39, 0.29) is 105 Å². The topological polar surface area (TPSA) is 379 Å². The van der Waals surface area contributed by atoms with Gasteiger partial charge in [0.15, 0.2) is 23.2 Å².